The predicted octanol–water partition coefficient (Wildman–Crippen LogP) is 3.47. The number of hydrogen-bond donors (Lipinski definition) is 0. The van der Waals surface area contributed by atoms with E-state index in [1.54, 1.807) is 7.11 Å². The van der Waals surface area contributed by atoms with Crippen LogP contribution in [0.2, 0.25) is 0 Å². The smallest absolute Gasteiger partial charge is 0.125 e. The summed E-state index contributed by atoms with van der Waals surface area (Å²) in [5.74, 6) is 1.00. The molecule has 0 saturated heterocycles. The Morgan fingerprint density at radius 1 is 1.07 bits per heavy atom. The van der Waals surface area contributed by atoms with Crippen LogP contribution in [0.5, 0.6) is 5.75 Å². The first-order chi connectivity index (χ1) is 6.74. The maximum atomic E-state index is 5.38. The van der Waals surface area contributed by atoms with Crippen LogP contribution in [-0.2, 0) is 0 Å². The minimum absolute atomic E-state index is 1.00. The Hall–Kier alpha value is -1.50. The van der Waals surface area contributed by atoms with Gasteiger partial charge < -0.3 is 4.74 Å². The standard InChI is InChI=1S/C13H14O/c1-9-8-11-6-4-5-7-12(11)10(2)13(9)14-3/h4-8H,1-3H3. The molecule has 0 aliphatic carbocycles. The van der Waals surface area contributed by atoms with E-state index in [9.17, 15) is 0 Å². The van der Waals surface area contributed by atoms with E-state index in [1.807, 2.05) is 0 Å². The molecule has 0 aliphatic rings. The van der Waals surface area contributed by atoms with Gasteiger partial charge in [0.15, 0.2) is 0 Å². The van der Waals surface area contributed by atoms with Gasteiger partial charge in [-0.05, 0) is 41.8 Å². The summed E-state index contributed by atoms with van der Waals surface area (Å²) in [4.78, 5) is 0. The monoisotopic (exact) mass is 186 g/mol. The molecule has 0 bridgehead atoms. The lowest BCUT2D eigenvalue weighted by atomic mass is 10.0. The fourth-order valence-electron chi connectivity index (χ4n) is 2.00. The van der Waals surface area contributed by atoms with Gasteiger partial charge in [0.05, 0.1) is 7.11 Å². The van der Waals surface area contributed by atoms with Gasteiger partial charge in [-0.1, -0.05) is 24.3 Å². The molecule has 2 aromatic rings. The van der Waals surface area contributed by atoms with Gasteiger partial charge in [-0.2, -0.15) is 0 Å². The Kier molecular flexibility index (Phi) is 2.16. The van der Waals surface area contributed by atoms with Crippen LogP contribution in [0.25, 0.3) is 10.8 Å². The molecule has 0 spiro atoms. The molecule has 2 aromatic carbocycles. The molecule has 0 atom stereocenters. The second-order valence-electron chi connectivity index (χ2n) is 3.57. The molecule has 1 heteroatoms. The molecule has 72 valence electrons. The van der Waals surface area contributed by atoms with Crippen molar-refractivity contribution < 1.29 is 4.74 Å². The molecule has 0 amide bonds. The normalized spacial score (nSPS) is 10.5. The third kappa shape index (κ3) is 1.25. The van der Waals surface area contributed by atoms with Gasteiger partial charge in [0.25, 0.3) is 0 Å². The van der Waals surface area contributed by atoms with Gasteiger partial charge in [-0.25, -0.2) is 0 Å². The Morgan fingerprint density at radius 3 is 2.50 bits per heavy atom. The highest BCUT2D eigenvalue weighted by molar-refractivity contribution is 5.88. The Labute approximate surface area is 84.3 Å². The van der Waals surface area contributed by atoms with Crippen molar-refractivity contribution in [3.05, 3.63) is 41.5 Å². The number of fused-ring (bicyclic) bond motifs is 1. The predicted molar refractivity (Wildman–Crippen MR) is 60.0 cm³/mol. The summed E-state index contributed by atoms with van der Waals surface area (Å²) < 4.78 is 5.38. The summed E-state index contributed by atoms with van der Waals surface area (Å²) >= 11 is 0. The third-order valence-electron chi connectivity index (χ3n) is 2.64. The van der Waals surface area contributed by atoms with Gasteiger partial charge in [0.2, 0.25) is 0 Å². The maximum Gasteiger partial charge on any atom is 0.125 e. The summed E-state index contributed by atoms with van der Waals surface area (Å²) in [6.45, 7) is 4.19. The van der Waals surface area contributed by atoms with E-state index in [0.717, 1.165) is 5.75 Å². The molecule has 0 unspecified atom stereocenters. The molecule has 14 heavy (non-hydrogen) atoms. The zero-order valence-corrected chi connectivity index (χ0v) is 8.79. The molecule has 0 aliphatic heterocycles. The molecule has 2 rings (SSSR count). The van der Waals surface area contributed by atoms with E-state index in [1.165, 1.54) is 21.9 Å². The van der Waals surface area contributed by atoms with Crippen LogP contribution in [0.3, 0.4) is 0 Å². The lowest BCUT2D eigenvalue weighted by molar-refractivity contribution is 0.409. The molecule has 0 saturated carbocycles. The molecule has 0 fully saturated rings. The van der Waals surface area contributed by atoms with Crippen LogP contribution >= 0.6 is 0 Å². The van der Waals surface area contributed by atoms with Gasteiger partial charge in [0.1, 0.15) is 5.75 Å². The summed E-state index contributed by atoms with van der Waals surface area (Å²) in [7, 11) is 1.73. The van der Waals surface area contributed by atoms with Crippen molar-refractivity contribution in [3.8, 4) is 5.75 Å². The van der Waals surface area contributed by atoms with Crippen LogP contribution in [0, 0.1) is 13.8 Å². The molecule has 0 heterocycles. The molecular formula is C13H14O. The highest BCUT2D eigenvalue weighted by Crippen LogP contribution is 2.30. The molecule has 0 radical (unpaired) electrons. The van der Waals surface area contributed by atoms with Gasteiger partial charge in [-0.3, -0.25) is 0 Å². The zero-order valence-electron chi connectivity index (χ0n) is 8.79. The fourth-order valence-corrected chi connectivity index (χ4v) is 2.00. The maximum absolute atomic E-state index is 5.38. The molecule has 0 N–H and O–H groups in total. The van der Waals surface area contributed by atoms with Gasteiger partial charge in [0, 0.05) is 0 Å². The quantitative estimate of drug-likeness (QED) is 0.662. The van der Waals surface area contributed by atoms with E-state index in [2.05, 4.69) is 44.2 Å². The van der Waals surface area contributed by atoms with Crippen molar-refractivity contribution in [1.29, 1.82) is 0 Å². The van der Waals surface area contributed by atoms with E-state index in [4.69, 9.17) is 4.74 Å². The largest absolute Gasteiger partial charge is 0.496 e. The summed E-state index contributed by atoms with van der Waals surface area (Å²) in [6, 6.07) is 10.6. The van der Waals surface area contributed by atoms with Crippen LogP contribution in [0.15, 0.2) is 30.3 Å². The minimum Gasteiger partial charge on any atom is -0.496 e. The first kappa shape index (κ1) is 9.07. The van der Waals surface area contributed by atoms with Gasteiger partial charge >= 0.3 is 0 Å². The Balaban J connectivity index is 2.86. The number of aryl methyl sites for hydroxylation is 2. The zero-order chi connectivity index (χ0) is 10.1. The fraction of sp³-hybridized carbons (Fsp3) is 0.231. The average molecular weight is 186 g/mol. The molecular weight excluding hydrogens is 172 g/mol. The SMILES string of the molecule is COc1c(C)cc2ccccc2c1C. The number of benzene rings is 2. The number of methoxy groups -OCH3 is 1. The highest BCUT2D eigenvalue weighted by Gasteiger charge is 2.06. The van der Waals surface area contributed by atoms with Crippen molar-refractivity contribution in [2.75, 3.05) is 7.11 Å². The van der Waals surface area contributed by atoms with Crippen molar-refractivity contribution in [2.24, 2.45) is 0 Å². The number of hydrogen-bond acceptors (Lipinski definition) is 1. The van der Waals surface area contributed by atoms with Crippen molar-refractivity contribution in [3.63, 3.8) is 0 Å². The van der Waals surface area contributed by atoms with E-state index in [-0.39, 0.29) is 0 Å². The number of ether oxygens (including phenoxy) is 1. The Bertz CT molecular complexity index is 472. The van der Waals surface area contributed by atoms with Crippen molar-refractivity contribution >= 4 is 10.8 Å². The second-order valence-corrected chi connectivity index (χ2v) is 3.57. The first-order valence-electron chi connectivity index (χ1n) is 4.77. The Morgan fingerprint density at radius 2 is 1.79 bits per heavy atom. The van der Waals surface area contributed by atoms with Crippen LogP contribution in [-0.4, -0.2) is 7.11 Å². The topological polar surface area (TPSA) is 9.23 Å². The van der Waals surface area contributed by atoms with Gasteiger partial charge in [-0.15, -0.1) is 0 Å². The minimum atomic E-state index is 1.00. The lowest BCUT2D eigenvalue weighted by Gasteiger charge is -2.11. The first-order valence-corrected chi connectivity index (χ1v) is 4.77. The molecule has 1 nitrogen and oxygen atoms in total. The molecule has 0 aromatic heterocycles. The van der Waals surface area contributed by atoms with Crippen molar-refractivity contribution in [1.82, 2.24) is 0 Å². The van der Waals surface area contributed by atoms with Crippen LogP contribution < -0.4 is 4.74 Å². The summed E-state index contributed by atoms with van der Waals surface area (Å²) in [6.07, 6.45) is 0. The lowest BCUT2D eigenvalue weighted by Crippen LogP contribution is -1.91. The van der Waals surface area contributed by atoms with Crippen LogP contribution in [0.4, 0.5) is 0 Å². The van der Waals surface area contributed by atoms with Crippen molar-refractivity contribution in [2.45, 2.75) is 13.8 Å². The third-order valence-corrected chi connectivity index (χ3v) is 2.64. The van der Waals surface area contributed by atoms with Crippen LogP contribution in [0.1, 0.15) is 11.1 Å². The number of rotatable bonds is 1. The average Bonchev–Trinajstić information content (AvgIpc) is 2.18. The highest BCUT2D eigenvalue weighted by atomic mass is 16.5. The van der Waals surface area contributed by atoms with E-state index < -0.39 is 0 Å². The van der Waals surface area contributed by atoms with E-state index >= 15 is 0 Å². The second kappa shape index (κ2) is 3.33. The summed E-state index contributed by atoms with van der Waals surface area (Å²) in [5.41, 5.74) is 2.42. The summed E-state index contributed by atoms with van der Waals surface area (Å²) in [5, 5.41) is 2.55. The van der Waals surface area contributed by atoms with E-state index in [0.29, 0.717) is 0 Å².